The molecule has 20 heavy (non-hydrogen) atoms. The molecule has 0 spiro atoms. The van der Waals surface area contributed by atoms with Gasteiger partial charge in [-0.3, -0.25) is 0 Å². The Labute approximate surface area is 128 Å². The van der Waals surface area contributed by atoms with Crippen LogP contribution in [0.25, 0.3) is 0 Å². The van der Waals surface area contributed by atoms with Gasteiger partial charge in [0.05, 0.1) is 12.2 Å². The summed E-state index contributed by atoms with van der Waals surface area (Å²) in [6, 6.07) is 2.17. The highest BCUT2D eigenvalue weighted by molar-refractivity contribution is 9.10. The molecule has 1 aromatic rings. The molecular weight excluding hydrogens is 375 g/mol. The zero-order chi connectivity index (χ0) is 14.9. The molecule has 1 aliphatic carbocycles. The zero-order valence-electron chi connectivity index (χ0n) is 10.2. The first kappa shape index (κ1) is 15.7. The first-order chi connectivity index (χ1) is 9.29. The van der Waals surface area contributed by atoms with Gasteiger partial charge in [-0.05, 0) is 24.5 Å². The number of rotatable bonds is 5. The van der Waals surface area contributed by atoms with E-state index >= 15 is 0 Å². The summed E-state index contributed by atoms with van der Waals surface area (Å²) in [5, 5.41) is 0. The Morgan fingerprint density at radius 1 is 1.45 bits per heavy atom. The Morgan fingerprint density at radius 3 is 2.65 bits per heavy atom. The molecule has 110 valence electrons. The van der Waals surface area contributed by atoms with Gasteiger partial charge in [0.15, 0.2) is 5.82 Å². The molecule has 1 fully saturated rings. The Hall–Kier alpha value is -0.660. The van der Waals surface area contributed by atoms with Gasteiger partial charge in [-0.25, -0.2) is 17.6 Å². The molecule has 1 saturated carbocycles. The Balaban J connectivity index is 2.21. The van der Waals surface area contributed by atoms with Crippen molar-refractivity contribution in [3.8, 4) is 0 Å². The van der Waals surface area contributed by atoms with Crippen LogP contribution in [0.2, 0.25) is 0 Å². The van der Waals surface area contributed by atoms with Crippen LogP contribution in [0, 0.1) is 11.7 Å². The van der Waals surface area contributed by atoms with Crippen LogP contribution in [0.4, 0.5) is 4.39 Å². The van der Waals surface area contributed by atoms with Crippen LogP contribution in [0.5, 0.6) is 0 Å². The van der Waals surface area contributed by atoms with Crippen molar-refractivity contribution < 1.29 is 22.3 Å². The molecule has 0 bridgehead atoms. The first-order valence-electron chi connectivity index (χ1n) is 5.90. The molecular formula is C12H11BrClFO4S. The van der Waals surface area contributed by atoms with E-state index in [2.05, 4.69) is 15.9 Å². The summed E-state index contributed by atoms with van der Waals surface area (Å²) in [6.45, 7) is 0.193. The van der Waals surface area contributed by atoms with Crippen molar-refractivity contribution in [3.63, 3.8) is 0 Å². The average molecular weight is 386 g/mol. The number of hydrogen-bond donors (Lipinski definition) is 0. The van der Waals surface area contributed by atoms with E-state index < -0.39 is 31.3 Å². The molecule has 0 unspecified atom stereocenters. The summed E-state index contributed by atoms with van der Waals surface area (Å²) in [4.78, 5) is 11.0. The van der Waals surface area contributed by atoms with Crippen LogP contribution in [-0.2, 0) is 13.8 Å². The van der Waals surface area contributed by atoms with Gasteiger partial charge < -0.3 is 4.74 Å². The fraction of sp³-hybridized carbons (Fsp3) is 0.417. The van der Waals surface area contributed by atoms with E-state index in [1.54, 1.807) is 0 Å². The highest BCUT2D eigenvalue weighted by Gasteiger charge is 2.25. The first-order valence-corrected chi connectivity index (χ1v) is 9.00. The topological polar surface area (TPSA) is 60.4 Å². The molecule has 0 heterocycles. The SMILES string of the molecule is O=C(OCCC1CC1)c1cc(Br)cc(S(=O)(=O)Cl)c1F. The molecule has 1 aliphatic rings. The average Bonchev–Trinajstić information content (AvgIpc) is 3.14. The van der Waals surface area contributed by atoms with Crippen LogP contribution < -0.4 is 0 Å². The fourth-order valence-corrected chi connectivity index (χ4v) is 3.23. The number of halogens is 3. The van der Waals surface area contributed by atoms with Gasteiger partial charge in [0.2, 0.25) is 0 Å². The van der Waals surface area contributed by atoms with E-state index in [0.717, 1.165) is 25.3 Å². The van der Waals surface area contributed by atoms with Crippen molar-refractivity contribution in [1.82, 2.24) is 0 Å². The largest absolute Gasteiger partial charge is 0.462 e. The lowest BCUT2D eigenvalue weighted by molar-refractivity contribution is 0.0489. The summed E-state index contributed by atoms with van der Waals surface area (Å²) in [5.41, 5.74) is -0.450. The van der Waals surface area contributed by atoms with Gasteiger partial charge in [0, 0.05) is 15.2 Å². The Kier molecular flexibility index (Phi) is 4.71. The van der Waals surface area contributed by atoms with Crippen molar-refractivity contribution >= 4 is 41.6 Å². The predicted octanol–water partition coefficient (Wildman–Crippen LogP) is 3.47. The summed E-state index contributed by atoms with van der Waals surface area (Å²) in [6.07, 6.45) is 2.98. The maximum absolute atomic E-state index is 14.0. The number of benzene rings is 1. The molecule has 0 atom stereocenters. The Morgan fingerprint density at radius 2 is 2.10 bits per heavy atom. The van der Waals surface area contributed by atoms with Gasteiger partial charge in [-0.1, -0.05) is 28.8 Å². The summed E-state index contributed by atoms with van der Waals surface area (Å²) >= 11 is 3.01. The number of ether oxygens (including phenoxy) is 1. The highest BCUT2D eigenvalue weighted by Crippen LogP contribution is 2.32. The van der Waals surface area contributed by atoms with Crippen LogP contribution in [0.3, 0.4) is 0 Å². The lowest BCUT2D eigenvalue weighted by atomic mass is 10.2. The van der Waals surface area contributed by atoms with Gasteiger partial charge in [0.1, 0.15) is 4.90 Å². The Bertz CT molecular complexity index is 643. The second-order valence-corrected chi connectivity index (χ2v) is 8.02. The molecule has 8 heteroatoms. The maximum atomic E-state index is 14.0. The van der Waals surface area contributed by atoms with Gasteiger partial charge in [-0.2, -0.15) is 0 Å². The lowest BCUT2D eigenvalue weighted by Crippen LogP contribution is -2.11. The quantitative estimate of drug-likeness (QED) is 0.575. The molecule has 1 aromatic carbocycles. The third-order valence-electron chi connectivity index (χ3n) is 2.94. The molecule has 0 N–H and O–H groups in total. The summed E-state index contributed by atoms with van der Waals surface area (Å²) < 4.78 is 41.7. The number of hydrogen-bond acceptors (Lipinski definition) is 4. The van der Waals surface area contributed by atoms with Crippen molar-refractivity contribution in [2.24, 2.45) is 5.92 Å². The highest BCUT2D eigenvalue weighted by atomic mass is 79.9. The minimum Gasteiger partial charge on any atom is -0.462 e. The monoisotopic (exact) mass is 384 g/mol. The number of carbonyl (C=O) groups excluding carboxylic acids is 1. The maximum Gasteiger partial charge on any atom is 0.341 e. The van der Waals surface area contributed by atoms with E-state index in [-0.39, 0.29) is 11.1 Å². The third-order valence-corrected chi connectivity index (χ3v) is 4.72. The second-order valence-electron chi connectivity index (χ2n) is 4.57. The van der Waals surface area contributed by atoms with Crippen molar-refractivity contribution in [1.29, 1.82) is 0 Å². The van der Waals surface area contributed by atoms with Crippen molar-refractivity contribution in [2.75, 3.05) is 6.61 Å². The third kappa shape index (κ3) is 3.93. The van der Waals surface area contributed by atoms with E-state index in [9.17, 15) is 17.6 Å². The van der Waals surface area contributed by atoms with Crippen LogP contribution in [-0.4, -0.2) is 21.0 Å². The van der Waals surface area contributed by atoms with E-state index in [4.69, 9.17) is 15.4 Å². The number of carbonyl (C=O) groups is 1. The number of esters is 1. The smallest absolute Gasteiger partial charge is 0.341 e. The van der Waals surface area contributed by atoms with Crippen molar-refractivity contribution in [3.05, 3.63) is 28.0 Å². The molecule has 0 amide bonds. The van der Waals surface area contributed by atoms with Crippen LogP contribution >= 0.6 is 26.6 Å². The second kappa shape index (κ2) is 5.99. The van der Waals surface area contributed by atoms with E-state index in [0.29, 0.717) is 5.92 Å². The summed E-state index contributed by atoms with van der Waals surface area (Å²) in [7, 11) is 0.849. The molecule has 0 aromatic heterocycles. The molecule has 2 rings (SSSR count). The van der Waals surface area contributed by atoms with Gasteiger partial charge >= 0.3 is 5.97 Å². The summed E-state index contributed by atoms with van der Waals surface area (Å²) in [5.74, 6) is -1.51. The standard InChI is InChI=1S/C12H11BrClFO4S/c13-8-5-9(11(15)10(6-8)20(14,17)18)12(16)19-4-3-7-1-2-7/h5-7H,1-4H2. The minimum atomic E-state index is -4.28. The van der Waals surface area contributed by atoms with Gasteiger partial charge in [0.25, 0.3) is 9.05 Å². The van der Waals surface area contributed by atoms with Crippen molar-refractivity contribution in [2.45, 2.75) is 24.2 Å². The minimum absolute atomic E-state index is 0.193. The predicted molar refractivity (Wildman–Crippen MR) is 74.8 cm³/mol. The van der Waals surface area contributed by atoms with E-state index in [1.807, 2.05) is 0 Å². The fourth-order valence-electron chi connectivity index (χ4n) is 1.69. The molecule has 4 nitrogen and oxygen atoms in total. The lowest BCUT2D eigenvalue weighted by Gasteiger charge is -2.08. The van der Waals surface area contributed by atoms with Crippen LogP contribution in [0.1, 0.15) is 29.6 Å². The zero-order valence-corrected chi connectivity index (χ0v) is 13.4. The molecule has 0 radical (unpaired) electrons. The molecule has 0 saturated heterocycles. The van der Waals surface area contributed by atoms with Gasteiger partial charge in [-0.15, -0.1) is 0 Å². The normalized spacial score (nSPS) is 15.2. The molecule has 0 aliphatic heterocycles. The van der Waals surface area contributed by atoms with Crippen LogP contribution in [0.15, 0.2) is 21.5 Å². The van der Waals surface area contributed by atoms with E-state index in [1.165, 1.54) is 6.07 Å².